The maximum atomic E-state index is 6.41. The molecule has 0 bridgehead atoms. The molecule has 1 aliphatic carbocycles. The molecule has 0 amide bonds. The lowest BCUT2D eigenvalue weighted by Gasteiger charge is -2.14. The van der Waals surface area contributed by atoms with E-state index in [0.29, 0.717) is 5.92 Å². The second kappa shape index (κ2) is 4.69. The summed E-state index contributed by atoms with van der Waals surface area (Å²) in [6, 6.07) is 17.0. The molecule has 2 N–H and O–H groups in total. The van der Waals surface area contributed by atoms with E-state index in [2.05, 4.69) is 42.5 Å². The fourth-order valence-electron chi connectivity index (χ4n) is 3.14. The molecular weight excluding hydrogens is 264 g/mol. The lowest BCUT2D eigenvalue weighted by Crippen LogP contribution is -2.18. The van der Waals surface area contributed by atoms with E-state index in [4.69, 9.17) is 10.7 Å². The van der Waals surface area contributed by atoms with Gasteiger partial charge in [-0.25, -0.2) is 4.98 Å². The van der Waals surface area contributed by atoms with Crippen LogP contribution in [0, 0.1) is 5.92 Å². The minimum atomic E-state index is 0.151. The van der Waals surface area contributed by atoms with E-state index in [1.54, 1.807) is 11.3 Å². The molecule has 0 fully saturated rings. The number of rotatable bonds is 2. The Hall–Kier alpha value is -1.71. The number of nitrogens with zero attached hydrogens (tertiary/aromatic N) is 1. The van der Waals surface area contributed by atoms with Gasteiger partial charge in [-0.2, -0.15) is 0 Å². The molecule has 0 aliphatic heterocycles. The first-order valence-electron chi connectivity index (χ1n) is 6.99. The van der Waals surface area contributed by atoms with Crippen molar-refractivity contribution in [3.63, 3.8) is 0 Å². The lowest BCUT2D eigenvalue weighted by molar-refractivity contribution is 0.464. The van der Waals surface area contributed by atoms with Crippen LogP contribution in [0.15, 0.2) is 48.5 Å². The Labute approximate surface area is 122 Å². The van der Waals surface area contributed by atoms with Crippen molar-refractivity contribution in [1.82, 2.24) is 4.98 Å². The third-order valence-corrected chi connectivity index (χ3v) is 5.24. The molecule has 2 aromatic carbocycles. The smallest absolute Gasteiger partial charge is 0.0942 e. The second-order valence-corrected chi connectivity index (χ2v) is 6.58. The number of fused-ring (bicyclic) bond motifs is 2. The largest absolute Gasteiger partial charge is 0.324 e. The minimum absolute atomic E-state index is 0.151. The number of hydrogen-bond acceptors (Lipinski definition) is 3. The van der Waals surface area contributed by atoms with Crippen LogP contribution in [0.5, 0.6) is 0 Å². The Balaban J connectivity index is 1.61. The Kier molecular flexibility index (Phi) is 2.83. The maximum Gasteiger partial charge on any atom is 0.0942 e. The van der Waals surface area contributed by atoms with Gasteiger partial charge in [-0.3, -0.25) is 0 Å². The van der Waals surface area contributed by atoms with Crippen LogP contribution < -0.4 is 5.73 Å². The van der Waals surface area contributed by atoms with Gasteiger partial charge in [0.25, 0.3) is 0 Å². The van der Waals surface area contributed by atoms with Crippen LogP contribution in [0.1, 0.15) is 22.2 Å². The van der Waals surface area contributed by atoms with Gasteiger partial charge in [-0.05, 0) is 35.6 Å². The molecule has 1 heterocycles. The molecule has 0 saturated heterocycles. The molecule has 3 heteroatoms. The topological polar surface area (TPSA) is 38.9 Å². The zero-order valence-corrected chi connectivity index (χ0v) is 11.9. The first kappa shape index (κ1) is 12.1. The van der Waals surface area contributed by atoms with Crippen LogP contribution >= 0.6 is 11.3 Å². The molecule has 0 radical (unpaired) electrons. The fourth-order valence-corrected chi connectivity index (χ4v) is 4.20. The highest BCUT2D eigenvalue weighted by atomic mass is 32.1. The number of para-hydroxylation sites is 1. The molecule has 100 valence electrons. The number of aromatic nitrogens is 1. The molecule has 4 rings (SSSR count). The van der Waals surface area contributed by atoms with Gasteiger partial charge in [0.2, 0.25) is 0 Å². The predicted octanol–water partition coefficient (Wildman–Crippen LogP) is 3.71. The van der Waals surface area contributed by atoms with Crippen molar-refractivity contribution in [2.45, 2.75) is 18.9 Å². The van der Waals surface area contributed by atoms with E-state index in [1.807, 2.05) is 6.07 Å². The van der Waals surface area contributed by atoms with Gasteiger partial charge in [-0.1, -0.05) is 36.4 Å². The van der Waals surface area contributed by atoms with Crippen molar-refractivity contribution in [3.8, 4) is 0 Å². The van der Waals surface area contributed by atoms with Gasteiger partial charge in [0.05, 0.1) is 15.2 Å². The summed E-state index contributed by atoms with van der Waals surface area (Å²) >= 11 is 1.80. The summed E-state index contributed by atoms with van der Waals surface area (Å²) in [4.78, 5) is 4.74. The predicted molar refractivity (Wildman–Crippen MR) is 83.9 cm³/mol. The quantitative estimate of drug-likeness (QED) is 0.777. The molecule has 2 atom stereocenters. The van der Waals surface area contributed by atoms with Crippen molar-refractivity contribution in [2.24, 2.45) is 11.7 Å². The summed E-state index contributed by atoms with van der Waals surface area (Å²) in [6.07, 6.45) is 2.06. The third kappa shape index (κ3) is 1.94. The maximum absolute atomic E-state index is 6.41. The van der Waals surface area contributed by atoms with Gasteiger partial charge in [-0.15, -0.1) is 11.3 Å². The van der Waals surface area contributed by atoms with Crippen molar-refractivity contribution in [3.05, 3.63) is 64.7 Å². The lowest BCUT2D eigenvalue weighted by atomic mass is 9.98. The van der Waals surface area contributed by atoms with Gasteiger partial charge in [0, 0.05) is 12.5 Å². The fraction of sp³-hybridized carbons (Fsp3) is 0.235. The highest BCUT2D eigenvalue weighted by molar-refractivity contribution is 7.18. The number of nitrogens with two attached hydrogens (primary N) is 1. The Morgan fingerprint density at radius 1 is 1.10 bits per heavy atom. The average molecular weight is 280 g/mol. The summed E-state index contributed by atoms with van der Waals surface area (Å²) in [5, 5.41) is 1.21. The molecular formula is C17H16N2S. The number of benzene rings is 2. The van der Waals surface area contributed by atoms with Crippen molar-refractivity contribution < 1.29 is 0 Å². The van der Waals surface area contributed by atoms with Crippen molar-refractivity contribution >= 4 is 21.6 Å². The van der Waals surface area contributed by atoms with Crippen LogP contribution in [-0.4, -0.2) is 4.98 Å². The van der Waals surface area contributed by atoms with Crippen molar-refractivity contribution in [1.29, 1.82) is 0 Å². The summed E-state index contributed by atoms with van der Waals surface area (Å²) in [6.45, 7) is 0. The molecule has 3 aromatic rings. The second-order valence-electron chi connectivity index (χ2n) is 5.47. The highest BCUT2D eigenvalue weighted by Crippen LogP contribution is 2.37. The van der Waals surface area contributed by atoms with E-state index in [1.165, 1.54) is 20.8 Å². The van der Waals surface area contributed by atoms with E-state index in [0.717, 1.165) is 18.4 Å². The first-order valence-corrected chi connectivity index (χ1v) is 7.81. The molecule has 1 aromatic heterocycles. The molecule has 2 nitrogen and oxygen atoms in total. The van der Waals surface area contributed by atoms with Crippen LogP contribution in [0.3, 0.4) is 0 Å². The average Bonchev–Trinajstić information content (AvgIpc) is 3.01. The van der Waals surface area contributed by atoms with Gasteiger partial charge in [0.1, 0.15) is 0 Å². The van der Waals surface area contributed by atoms with E-state index >= 15 is 0 Å². The van der Waals surface area contributed by atoms with E-state index < -0.39 is 0 Å². The molecule has 1 aliphatic rings. The first-order chi connectivity index (χ1) is 9.81. The highest BCUT2D eigenvalue weighted by Gasteiger charge is 2.30. The zero-order chi connectivity index (χ0) is 13.5. The summed E-state index contributed by atoms with van der Waals surface area (Å²) in [5.74, 6) is 0.480. The van der Waals surface area contributed by atoms with E-state index in [-0.39, 0.29) is 6.04 Å². The zero-order valence-electron chi connectivity index (χ0n) is 11.1. The summed E-state index contributed by atoms with van der Waals surface area (Å²) < 4.78 is 1.27. The minimum Gasteiger partial charge on any atom is -0.324 e. The Bertz CT molecular complexity index is 729. The van der Waals surface area contributed by atoms with Crippen molar-refractivity contribution in [2.75, 3.05) is 0 Å². The van der Waals surface area contributed by atoms with Crippen LogP contribution in [0.4, 0.5) is 0 Å². The van der Waals surface area contributed by atoms with Crippen LogP contribution in [-0.2, 0) is 12.8 Å². The van der Waals surface area contributed by atoms with Gasteiger partial charge >= 0.3 is 0 Å². The molecule has 0 saturated carbocycles. The standard InChI is InChI=1S/C17H16N2S/c18-17-12(9-11-5-1-2-6-13(11)17)10-16-19-14-7-3-4-8-15(14)20-16/h1-8,12,17H,9-10,18H2. The number of thiazole rings is 1. The summed E-state index contributed by atoms with van der Waals surface area (Å²) in [7, 11) is 0. The SMILES string of the molecule is NC1c2ccccc2CC1Cc1nc2ccccc2s1. The Morgan fingerprint density at radius 3 is 2.75 bits per heavy atom. The molecule has 0 spiro atoms. The number of hydrogen-bond donors (Lipinski definition) is 1. The van der Waals surface area contributed by atoms with Gasteiger partial charge in [0.15, 0.2) is 0 Å². The molecule has 2 unspecified atom stereocenters. The third-order valence-electron chi connectivity index (χ3n) is 4.18. The molecule has 20 heavy (non-hydrogen) atoms. The van der Waals surface area contributed by atoms with Gasteiger partial charge < -0.3 is 5.73 Å². The van der Waals surface area contributed by atoms with Crippen LogP contribution in [0.25, 0.3) is 10.2 Å². The summed E-state index contributed by atoms with van der Waals surface area (Å²) in [5.41, 5.74) is 10.2. The monoisotopic (exact) mass is 280 g/mol. The van der Waals surface area contributed by atoms with E-state index in [9.17, 15) is 0 Å². The normalized spacial score (nSPS) is 21.2. The van der Waals surface area contributed by atoms with Crippen LogP contribution in [0.2, 0.25) is 0 Å². The Morgan fingerprint density at radius 2 is 1.90 bits per heavy atom.